The van der Waals surface area contributed by atoms with E-state index in [0.29, 0.717) is 17.6 Å². The molecule has 1 aromatic carbocycles. The normalized spacial score (nSPS) is 27.2. The first-order chi connectivity index (χ1) is 10.1. The number of hydrogen-bond donors (Lipinski definition) is 1. The highest BCUT2D eigenvalue weighted by atomic mass is 16.3. The summed E-state index contributed by atoms with van der Waals surface area (Å²) in [5.74, 6) is 0. The van der Waals surface area contributed by atoms with Gasteiger partial charge < -0.3 is 10.0 Å². The fraction of sp³-hybridized carbons (Fsp3) is 0.588. The van der Waals surface area contributed by atoms with Crippen LogP contribution in [-0.2, 0) is 0 Å². The quantitative estimate of drug-likeness (QED) is 0.906. The van der Waals surface area contributed by atoms with Gasteiger partial charge in [-0.3, -0.25) is 4.90 Å². The lowest BCUT2D eigenvalue weighted by molar-refractivity contribution is 0.192. The number of aliphatic hydroxyl groups is 1. The number of hydrogen-bond acceptors (Lipinski definition) is 4. The molecule has 0 radical (unpaired) electrons. The van der Waals surface area contributed by atoms with Gasteiger partial charge in [-0.25, -0.2) is 0 Å². The Labute approximate surface area is 126 Å². The van der Waals surface area contributed by atoms with Crippen LogP contribution in [0.4, 0.5) is 5.69 Å². The number of anilines is 1. The minimum Gasteiger partial charge on any atom is -0.389 e. The zero-order valence-corrected chi connectivity index (χ0v) is 12.8. The van der Waals surface area contributed by atoms with Crippen molar-refractivity contribution in [2.24, 2.45) is 0 Å². The van der Waals surface area contributed by atoms with Crippen molar-refractivity contribution in [1.82, 2.24) is 4.90 Å². The fourth-order valence-electron chi connectivity index (χ4n) is 3.74. The molecule has 2 aliphatic rings. The third-order valence-corrected chi connectivity index (χ3v) is 4.86. The molecule has 4 nitrogen and oxygen atoms in total. The summed E-state index contributed by atoms with van der Waals surface area (Å²) < 4.78 is 0. The summed E-state index contributed by atoms with van der Waals surface area (Å²) in [4.78, 5) is 4.97. The van der Waals surface area contributed by atoms with Gasteiger partial charge in [-0.15, -0.1) is 0 Å². The van der Waals surface area contributed by atoms with Crippen LogP contribution in [0.3, 0.4) is 0 Å². The number of benzene rings is 1. The predicted molar refractivity (Wildman–Crippen MR) is 83.2 cm³/mol. The first-order valence-electron chi connectivity index (χ1n) is 7.83. The minimum atomic E-state index is -0.512. The van der Waals surface area contributed by atoms with Crippen LogP contribution in [0.2, 0.25) is 0 Å². The van der Waals surface area contributed by atoms with Crippen molar-refractivity contribution in [1.29, 1.82) is 5.26 Å². The fourth-order valence-corrected chi connectivity index (χ4v) is 3.74. The number of rotatable bonds is 2. The number of aliphatic hydroxyl groups excluding tert-OH is 1. The molecule has 2 aliphatic heterocycles. The molecular formula is C17H23N3O. The van der Waals surface area contributed by atoms with Crippen molar-refractivity contribution >= 4 is 5.69 Å². The van der Waals surface area contributed by atoms with Gasteiger partial charge in [-0.2, -0.15) is 5.26 Å². The Morgan fingerprint density at radius 1 is 1.38 bits per heavy atom. The second kappa shape index (κ2) is 5.67. The highest BCUT2D eigenvalue weighted by molar-refractivity contribution is 5.59. The Morgan fingerprint density at radius 2 is 2.19 bits per heavy atom. The summed E-state index contributed by atoms with van der Waals surface area (Å²) in [7, 11) is 0. The van der Waals surface area contributed by atoms with Crippen LogP contribution in [0.5, 0.6) is 0 Å². The lowest BCUT2D eigenvalue weighted by Crippen LogP contribution is -2.55. The van der Waals surface area contributed by atoms with Crippen LogP contribution in [0.25, 0.3) is 0 Å². The number of piperazine rings is 1. The predicted octanol–water partition coefficient (Wildman–Crippen LogP) is 2.28. The van der Waals surface area contributed by atoms with E-state index < -0.39 is 6.10 Å². The van der Waals surface area contributed by atoms with Gasteiger partial charge in [0.15, 0.2) is 0 Å². The van der Waals surface area contributed by atoms with Crippen molar-refractivity contribution < 1.29 is 5.11 Å². The van der Waals surface area contributed by atoms with E-state index in [1.165, 1.54) is 19.4 Å². The maximum absolute atomic E-state index is 10.1. The molecule has 1 aromatic rings. The topological polar surface area (TPSA) is 50.5 Å². The summed E-state index contributed by atoms with van der Waals surface area (Å²) in [6.45, 7) is 7.31. The Bertz CT molecular complexity index is 564. The average Bonchev–Trinajstić information content (AvgIpc) is 2.92. The number of nitrogens with zero attached hydrogens (tertiary/aromatic N) is 3. The van der Waals surface area contributed by atoms with Crippen LogP contribution >= 0.6 is 0 Å². The standard InChI is InChI=1S/C17H23N3O/c1-12-10-19-7-3-4-15(19)11-20(12)17-8-14(9-18)5-6-16(17)13(2)21/h5-6,8,12-13,15,21H,3-4,7,10-11H2,1-2H3/t12?,13-,15?/m0/s1. The van der Waals surface area contributed by atoms with Crippen LogP contribution < -0.4 is 4.90 Å². The molecule has 2 saturated heterocycles. The molecule has 0 saturated carbocycles. The molecule has 0 aliphatic carbocycles. The molecular weight excluding hydrogens is 262 g/mol. The van der Waals surface area contributed by atoms with Crippen LogP contribution in [0.15, 0.2) is 18.2 Å². The summed E-state index contributed by atoms with van der Waals surface area (Å²) >= 11 is 0. The molecule has 112 valence electrons. The molecule has 2 heterocycles. The van der Waals surface area contributed by atoms with Crippen LogP contribution in [0, 0.1) is 11.3 Å². The molecule has 3 atom stereocenters. The molecule has 2 fully saturated rings. The number of fused-ring (bicyclic) bond motifs is 1. The van der Waals surface area contributed by atoms with E-state index in [4.69, 9.17) is 5.26 Å². The van der Waals surface area contributed by atoms with Gasteiger partial charge in [0.25, 0.3) is 0 Å². The summed E-state index contributed by atoms with van der Waals surface area (Å²) in [5.41, 5.74) is 2.62. The highest BCUT2D eigenvalue weighted by Gasteiger charge is 2.35. The molecule has 2 unspecified atom stereocenters. The smallest absolute Gasteiger partial charge is 0.0992 e. The Morgan fingerprint density at radius 3 is 2.90 bits per heavy atom. The van der Waals surface area contributed by atoms with Gasteiger partial charge in [0.1, 0.15) is 0 Å². The van der Waals surface area contributed by atoms with E-state index >= 15 is 0 Å². The Kier molecular flexibility index (Phi) is 3.88. The monoisotopic (exact) mass is 285 g/mol. The molecule has 0 bridgehead atoms. The van der Waals surface area contributed by atoms with E-state index in [0.717, 1.165) is 24.3 Å². The van der Waals surface area contributed by atoms with Crippen LogP contribution in [-0.4, -0.2) is 41.7 Å². The zero-order valence-electron chi connectivity index (χ0n) is 12.8. The second-order valence-electron chi connectivity index (χ2n) is 6.35. The average molecular weight is 285 g/mol. The van der Waals surface area contributed by atoms with Gasteiger partial charge in [0.05, 0.1) is 17.7 Å². The van der Waals surface area contributed by atoms with Gasteiger partial charge in [-0.1, -0.05) is 6.07 Å². The van der Waals surface area contributed by atoms with E-state index in [-0.39, 0.29) is 0 Å². The van der Waals surface area contributed by atoms with Crippen molar-refractivity contribution in [3.8, 4) is 6.07 Å². The Hall–Kier alpha value is -1.57. The maximum Gasteiger partial charge on any atom is 0.0992 e. The van der Waals surface area contributed by atoms with Gasteiger partial charge in [0, 0.05) is 36.4 Å². The van der Waals surface area contributed by atoms with E-state index in [1.807, 2.05) is 12.1 Å². The summed E-state index contributed by atoms with van der Waals surface area (Å²) in [5, 5.41) is 19.2. The van der Waals surface area contributed by atoms with Gasteiger partial charge >= 0.3 is 0 Å². The summed E-state index contributed by atoms with van der Waals surface area (Å²) in [6, 6.07) is 8.86. The molecule has 0 spiro atoms. The van der Waals surface area contributed by atoms with Crippen molar-refractivity contribution in [2.45, 2.75) is 44.9 Å². The third-order valence-electron chi connectivity index (χ3n) is 4.86. The zero-order chi connectivity index (χ0) is 15.0. The van der Waals surface area contributed by atoms with Crippen molar-refractivity contribution in [3.05, 3.63) is 29.3 Å². The van der Waals surface area contributed by atoms with E-state index in [9.17, 15) is 5.11 Å². The van der Waals surface area contributed by atoms with Crippen LogP contribution in [0.1, 0.15) is 43.9 Å². The first-order valence-corrected chi connectivity index (χ1v) is 7.83. The molecule has 0 amide bonds. The highest BCUT2D eigenvalue weighted by Crippen LogP contribution is 2.33. The lowest BCUT2D eigenvalue weighted by Gasteiger charge is -2.44. The molecule has 3 rings (SSSR count). The maximum atomic E-state index is 10.1. The van der Waals surface area contributed by atoms with Gasteiger partial charge in [-0.05, 0) is 45.4 Å². The van der Waals surface area contributed by atoms with Crippen molar-refractivity contribution in [3.63, 3.8) is 0 Å². The van der Waals surface area contributed by atoms with E-state index in [1.54, 1.807) is 13.0 Å². The number of nitriles is 1. The molecule has 21 heavy (non-hydrogen) atoms. The SMILES string of the molecule is CC1CN2CCCC2CN1c1cc(C#N)ccc1[C@H](C)O. The largest absolute Gasteiger partial charge is 0.389 e. The third kappa shape index (κ3) is 2.64. The molecule has 4 heteroatoms. The first kappa shape index (κ1) is 14.4. The second-order valence-corrected chi connectivity index (χ2v) is 6.35. The van der Waals surface area contributed by atoms with Gasteiger partial charge in [0.2, 0.25) is 0 Å². The van der Waals surface area contributed by atoms with Crippen molar-refractivity contribution in [2.75, 3.05) is 24.5 Å². The molecule has 1 N–H and O–H groups in total. The minimum absolute atomic E-state index is 0.408. The lowest BCUT2D eigenvalue weighted by atomic mass is 10.0. The summed E-state index contributed by atoms with van der Waals surface area (Å²) in [6.07, 6.45) is 2.03. The molecule has 0 aromatic heterocycles. The Balaban J connectivity index is 1.96. The van der Waals surface area contributed by atoms with E-state index in [2.05, 4.69) is 22.8 Å².